The van der Waals surface area contributed by atoms with Crippen molar-refractivity contribution in [3.63, 3.8) is 0 Å². The largest absolute Gasteiger partial charge is 0.354 e. The summed E-state index contributed by atoms with van der Waals surface area (Å²) in [6, 6.07) is 8.32. The Hall–Kier alpha value is -2.54. The molecule has 1 aliphatic rings. The number of carbonyl (C=O) groups excluding carboxylic acids is 1. The van der Waals surface area contributed by atoms with Gasteiger partial charge in [-0.2, -0.15) is 0 Å². The molecular weight excluding hydrogens is 333 g/mol. The molecule has 138 valence electrons. The maximum Gasteiger partial charge on any atom is 0.270 e. The highest BCUT2D eigenvalue weighted by atomic mass is 19.1. The van der Waals surface area contributed by atoms with Crippen LogP contribution in [-0.2, 0) is 6.42 Å². The van der Waals surface area contributed by atoms with Gasteiger partial charge in [0.05, 0.1) is 0 Å². The van der Waals surface area contributed by atoms with Crippen molar-refractivity contribution in [2.75, 3.05) is 44.7 Å². The Morgan fingerprint density at radius 3 is 2.65 bits per heavy atom. The third kappa shape index (κ3) is 4.54. The molecule has 0 bridgehead atoms. The van der Waals surface area contributed by atoms with Gasteiger partial charge in [-0.05, 0) is 32.0 Å². The molecule has 1 N–H and O–H groups in total. The van der Waals surface area contributed by atoms with Crippen molar-refractivity contribution in [1.29, 1.82) is 0 Å². The third-order valence-electron chi connectivity index (χ3n) is 4.52. The van der Waals surface area contributed by atoms with Gasteiger partial charge >= 0.3 is 0 Å². The van der Waals surface area contributed by atoms with Crippen molar-refractivity contribution < 1.29 is 9.18 Å². The number of anilines is 1. The molecule has 1 amide bonds. The second-order valence-electron chi connectivity index (χ2n) is 6.55. The molecule has 0 spiro atoms. The number of nitrogens with one attached hydrogen (secondary N) is 1. The highest BCUT2D eigenvalue weighted by Crippen LogP contribution is 2.15. The number of amides is 1. The minimum Gasteiger partial charge on any atom is -0.354 e. The number of rotatable bonds is 5. The highest BCUT2D eigenvalue weighted by Gasteiger charge is 2.18. The lowest BCUT2D eigenvalue weighted by atomic mass is 10.1. The van der Waals surface area contributed by atoms with Crippen LogP contribution >= 0.6 is 0 Å². The van der Waals surface area contributed by atoms with Gasteiger partial charge in [-0.3, -0.25) is 4.79 Å². The Bertz CT molecular complexity index is 774. The van der Waals surface area contributed by atoms with Gasteiger partial charge in [-0.25, -0.2) is 14.4 Å². The number of aryl methyl sites for hydroxylation is 1. The van der Waals surface area contributed by atoms with E-state index in [9.17, 15) is 9.18 Å². The summed E-state index contributed by atoms with van der Waals surface area (Å²) in [4.78, 5) is 25.6. The van der Waals surface area contributed by atoms with Crippen molar-refractivity contribution in [1.82, 2.24) is 20.2 Å². The van der Waals surface area contributed by atoms with E-state index in [1.54, 1.807) is 31.2 Å². The number of aromatic nitrogens is 2. The van der Waals surface area contributed by atoms with Crippen molar-refractivity contribution in [2.45, 2.75) is 13.3 Å². The predicted molar refractivity (Wildman–Crippen MR) is 98.9 cm³/mol. The first-order chi connectivity index (χ1) is 12.5. The van der Waals surface area contributed by atoms with Gasteiger partial charge in [-0.1, -0.05) is 18.2 Å². The first-order valence-electron chi connectivity index (χ1n) is 8.84. The lowest BCUT2D eigenvalue weighted by molar-refractivity contribution is 0.0948. The Kier molecular flexibility index (Phi) is 5.78. The molecular formula is C19H24FN5O. The first-order valence-corrected chi connectivity index (χ1v) is 8.84. The van der Waals surface area contributed by atoms with Gasteiger partial charge in [0.2, 0.25) is 0 Å². The summed E-state index contributed by atoms with van der Waals surface area (Å²) in [5, 5.41) is 2.82. The first kappa shape index (κ1) is 18.3. The number of benzene rings is 1. The number of carbonyl (C=O) groups is 1. The summed E-state index contributed by atoms with van der Waals surface area (Å²) in [5.74, 6) is 0.838. The SMILES string of the molecule is Cc1nc(C(=O)NCCc2ccccc2F)cc(N2CCN(C)CC2)n1. The normalized spacial score (nSPS) is 15.1. The summed E-state index contributed by atoms with van der Waals surface area (Å²) in [6.07, 6.45) is 0.438. The van der Waals surface area contributed by atoms with E-state index in [0.717, 1.165) is 32.0 Å². The molecule has 1 aliphatic heterocycles. The number of halogens is 1. The molecule has 1 aromatic heterocycles. The number of nitrogens with zero attached hydrogens (tertiary/aromatic N) is 4. The van der Waals surface area contributed by atoms with Gasteiger partial charge in [-0.15, -0.1) is 0 Å². The standard InChI is InChI=1S/C19H24FN5O/c1-14-22-17(13-18(23-14)25-11-9-24(2)10-12-25)19(26)21-8-7-15-5-3-4-6-16(15)20/h3-6,13H,7-12H2,1-2H3,(H,21,26). The van der Waals surface area contributed by atoms with E-state index >= 15 is 0 Å². The molecule has 1 aromatic carbocycles. The van der Waals surface area contributed by atoms with Crippen LogP contribution in [0, 0.1) is 12.7 Å². The monoisotopic (exact) mass is 357 g/mol. The smallest absolute Gasteiger partial charge is 0.270 e. The molecule has 1 saturated heterocycles. The molecule has 0 saturated carbocycles. The van der Waals surface area contributed by atoms with Gasteiger partial charge in [0.1, 0.15) is 23.2 Å². The quantitative estimate of drug-likeness (QED) is 0.882. The van der Waals surface area contributed by atoms with E-state index in [-0.39, 0.29) is 11.7 Å². The number of piperazine rings is 1. The molecule has 6 nitrogen and oxygen atoms in total. The van der Waals surface area contributed by atoms with Crippen LogP contribution in [0.2, 0.25) is 0 Å². The van der Waals surface area contributed by atoms with Crippen molar-refractivity contribution in [3.8, 4) is 0 Å². The van der Waals surface area contributed by atoms with Gasteiger partial charge in [0, 0.05) is 38.8 Å². The third-order valence-corrected chi connectivity index (χ3v) is 4.52. The number of hydrogen-bond acceptors (Lipinski definition) is 5. The summed E-state index contributed by atoms with van der Waals surface area (Å²) < 4.78 is 13.6. The molecule has 7 heteroatoms. The van der Waals surface area contributed by atoms with E-state index in [1.165, 1.54) is 6.07 Å². The minimum absolute atomic E-state index is 0.253. The fraction of sp³-hybridized carbons (Fsp3) is 0.421. The maximum absolute atomic E-state index is 13.6. The topological polar surface area (TPSA) is 61.4 Å². The molecule has 0 unspecified atom stereocenters. The molecule has 2 heterocycles. The maximum atomic E-state index is 13.6. The van der Waals surface area contributed by atoms with Gasteiger partial charge < -0.3 is 15.1 Å². The molecule has 0 aliphatic carbocycles. The summed E-state index contributed by atoms with van der Waals surface area (Å²) in [7, 11) is 2.09. The zero-order valence-corrected chi connectivity index (χ0v) is 15.2. The van der Waals surface area contributed by atoms with Crippen LogP contribution in [-0.4, -0.2) is 60.5 Å². The van der Waals surface area contributed by atoms with Crippen LogP contribution < -0.4 is 10.2 Å². The second kappa shape index (κ2) is 8.23. The van der Waals surface area contributed by atoms with Crippen LogP contribution in [0.1, 0.15) is 21.9 Å². The second-order valence-corrected chi connectivity index (χ2v) is 6.55. The molecule has 3 rings (SSSR count). The van der Waals surface area contributed by atoms with Crippen molar-refractivity contribution in [3.05, 3.63) is 53.2 Å². The van der Waals surface area contributed by atoms with E-state index in [4.69, 9.17) is 0 Å². The van der Waals surface area contributed by atoms with Gasteiger partial charge in [0.15, 0.2) is 0 Å². The van der Waals surface area contributed by atoms with E-state index < -0.39 is 0 Å². The van der Waals surface area contributed by atoms with E-state index in [1.807, 2.05) is 0 Å². The average molecular weight is 357 g/mol. The van der Waals surface area contributed by atoms with E-state index in [0.29, 0.717) is 30.0 Å². The Balaban J connectivity index is 1.63. The summed E-state index contributed by atoms with van der Waals surface area (Å²) in [6.45, 7) is 5.82. The van der Waals surface area contributed by atoms with Crippen LogP contribution in [0.25, 0.3) is 0 Å². The predicted octanol–water partition coefficient (Wildman–Crippen LogP) is 1.65. The Labute approximate surface area is 153 Å². The summed E-state index contributed by atoms with van der Waals surface area (Å²) in [5.41, 5.74) is 0.935. The lowest BCUT2D eigenvalue weighted by Gasteiger charge is -2.33. The zero-order chi connectivity index (χ0) is 18.5. The van der Waals surface area contributed by atoms with Crippen LogP contribution in [0.5, 0.6) is 0 Å². The zero-order valence-electron chi connectivity index (χ0n) is 15.2. The van der Waals surface area contributed by atoms with E-state index in [2.05, 4.69) is 32.1 Å². The highest BCUT2D eigenvalue weighted by molar-refractivity contribution is 5.92. The van der Waals surface area contributed by atoms with Crippen LogP contribution in [0.4, 0.5) is 10.2 Å². The lowest BCUT2D eigenvalue weighted by Crippen LogP contribution is -2.45. The molecule has 1 fully saturated rings. The van der Waals surface area contributed by atoms with Crippen LogP contribution in [0.3, 0.4) is 0 Å². The minimum atomic E-state index is -0.262. The van der Waals surface area contributed by atoms with Crippen LogP contribution in [0.15, 0.2) is 30.3 Å². The fourth-order valence-corrected chi connectivity index (χ4v) is 2.97. The Morgan fingerprint density at radius 2 is 1.92 bits per heavy atom. The molecule has 26 heavy (non-hydrogen) atoms. The van der Waals surface area contributed by atoms with Crippen molar-refractivity contribution in [2.24, 2.45) is 0 Å². The number of likely N-dealkylation sites (N-methyl/N-ethyl adjacent to an activating group) is 1. The average Bonchev–Trinajstić information content (AvgIpc) is 2.63. The Morgan fingerprint density at radius 1 is 1.19 bits per heavy atom. The molecule has 0 atom stereocenters. The summed E-state index contributed by atoms with van der Waals surface area (Å²) >= 11 is 0. The number of hydrogen-bond donors (Lipinski definition) is 1. The van der Waals surface area contributed by atoms with Gasteiger partial charge in [0.25, 0.3) is 5.91 Å². The fourth-order valence-electron chi connectivity index (χ4n) is 2.97. The van der Waals surface area contributed by atoms with Crippen molar-refractivity contribution >= 4 is 11.7 Å². The molecule has 2 aromatic rings. The molecule has 0 radical (unpaired) electrons.